The van der Waals surface area contributed by atoms with Gasteiger partial charge in [0, 0.05) is 17.2 Å². The molecule has 5 nitrogen and oxygen atoms in total. The molecule has 0 fully saturated rings. The molecule has 8 heteroatoms. The number of hydrogen-bond donors (Lipinski definition) is 1. The molecule has 0 aliphatic carbocycles. The number of rotatable bonds is 6. The molecule has 0 aromatic heterocycles. The molecule has 1 amide bonds. The van der Waals surface area contributed by atoms with E-state index in [1.807, 2.05) is 6.92 Å². The highest BCUT2D eigenvalue weighted by Crippen LogP contribution is 2.27. The number of hydrogen-bond acceptors (Lipinski definition) is 4. The maximum Gasteiger partial charge on any atom is 0.265 e. The van der Waals surface area contributed by atoms with Gasteiger partial charge >= 0.3 is 0 Å². The average Bonchev–Trinajstić information content (AvgIpc) is 2.33. The van der Waals surface area contributed by atoms with Crippen LogP contribution in [0.1, 0.15) is 13.3 Å². The van der Waals surface area contributed by atoms with Crippen LogP contribution in [0.4, 0.5) is 4.39 Å². The molecule has 0 radical (unpaired) electrons. The van der Waals surface area contributed by atoms with Gasteiger partial charge < -0.3 is 10.1 Å². The molecule has 0 atom stereocenters. The lowest BCUT2D eigenvalue weighted by atomic mass is 10.3. The van der Waals surface area contributed by atoms with Crippen molar-refractivity contribution in [1.29, 1.82) is 0 Å². The maximum absolute atomic E-state index is 13.0. The molecule has 1 aromatic rings. The largest absolute Gasteiger partial charge is 0.482 e. The van der Waals surface area contributed by atoms with Crippen molar-refractivity contribution in [3.63, 3.8) is 0 Å². The van der Waals surface area contributed by atoms with Gasteiger partial charge in [0.05, 0.1) is 0 Å². The van der Waals surface area contributed by atoms with Gasteiger partial charge in [0.2, 0.25) is 0 Å². The van der Waals surface area contributed by atoms with Gasteiger partial charge in [0.15, 0.2) is 6.61 Å². The third-order valence-corrected chi connectivity index (χ3v) is 3.44. The van der Waals surface area contributed by atoms with Gasteiger partial charge in [-0.1, -0.05) is 6.92 Å². The Morgan fingerprint density at radius 2 is 2.16 bits per heavy atom. The Kier molecular flexibility index (Phi) is 5.56. The quantitative estimate of drug-likeness (QED) is 0.811. The van der Waals surface area contributed by atoms with Crippen molar-refractivity contribution in [1.82, 2.24) is 5.32 Å². The van der Waals surface area contributed by atoms with Gasteiger partial charge in [-0.15, -0.1) is 0 Å². The van der Waals surface area contributed by atoms with Crippen molar-refractivity contribution in [2.75, 3.05) is 13.2 Å². The SMILES string of the molecule is CCCNC(=O)COc1ccc(F)cc1S(=O)(=O)Cl. The summed E-state index contributed by atoms with van der Waals surface area (Å²) in [4.78, 5) is 10.8. The second-order valence-corrected chi connectivity index (χ2v) is 6.20. The molecule has 1 N–H and O–H groups in total. The van der Waals surface area contributed by atoms with Crippen LogP contribution in [0.25, 0.3) is 0 Å². The summed E-state index contributed by atoms with van der Waals surface area (Å²) in [5.41, 5.74) is 0. The van der Waals surface area contributed by atoms with E-state index in [2.05, 4.69) is 5.32 Å². The first-order valence-corrected chi connectivity index (χ1v) is 7.79. The minimum atomic E-state index is -4.15. The minimum Gasteiger partial charge on any atom is -0.482 e. The summed E-state index contributed by atoms with van der Waals surface area (Å²) in [7, 11) is 1.01. The molecule has 0 saturated heterocycles. The molecule has 1 rings (SSSR count). The van der Waals surface area contributed by atoms with Crippen molar-refractivity contribution in [2.45, 2.75) is 18.2 Å². The summed E-state index contributed by atoms with van der Waals surface area (Å²) >= 11 is 0. The van der Waals surface area contributed by atoms with Crippen LogP contribution in [0, 0.1) is 5.82 Å². The lowest BCUT2D eigenvalue weighted by Gasteiger charge is -2.09. The van der Waals surface area contributed by atoms with E-state index in [4.69, 9.17) is 15.4 Å². The fraction of sp³-hybridized carbons (Fsp3) is 0.364. The maximum atomic E-state index is 13.0. The van der Waals surface area contributed by atoms with Crippen molar-refractivity contribution >= 4 is 25.6 Å². The summed E-state index contributed by atoms with van der Waals surface area (Å²) in [6, 6.07) is 2.87. The molecule has 0 saturated carbocycles. The number of benzene rings is 1. The smallest absolute Gasteiger partial charge is 0.265 e. The second kappa shape index (κ2) is 6.72. The Bertz CT molecular complexity index is 562. The van der Waals surface area contributed by atoms with Gasteiger partial charge in [0.1, 0.15) is 16.5 Å². The summed E-state index contributed by atoms with van der Waals surface area (Å²) in [5, 5.41) is 2.55. The Balaban J connectivity index is 2.82. The van der Waals surface area contributed by atoms with Crippen LogP contribution in [0.3, 0.4) is 0 Å². The molecular weight excluding hydrogens is 297 g/mol. The van der Waals surface area contributed by atoms with Crippen LogP contribution in [0.5, 0.6) is 5.75 Å². The van der Waals surface area contributed by atoms with E-state index in [1.54, 1.807) is 0 Å². The van der Waals surface area contributed by atoms with E-state index in [0.29, 0.717) is 6.54 Å². The minimum absolute atomic E-state index is 0.164. The molecule has 0 unspecified atom stereocenters. The van der Waals surface area contributed by atoms with Gasteiger partial charge in [-0.05, 0) is 24.6 Å². The van der Waals surface area contributed by atoms with Crippen LogP contribution in [-0.2, 0) is 13.8 Å². The molecular formula is C11H13ClFNO4S. The van der Waals surface area contributed by atoms with Crippen LogP contribution in [0.15, 0.2) is 23.1 Å². The Morgan fingerprint density at radius 1 is 1.47 bits per heavy atom. The highest BCUT2D eigenvalue weighted by molar-refractivity contribution is 8.13. The van der Waals surface area contributed by atoms with E-state index < -0.39 is 25.7 Å². The van der Waals surface area contributed by atoms with Crippen molar-refractivity contribution in [2.24, 2.45) is 0 Å². The molecule has 0 aliphatic heterocycles. The van der Waals surface area contributed by atoms with Crippen LogP contribution in [-0.4, -0.2) is 27.5 Å². The Labute approximate surface area is 115 Å². The van der Waals surface area contributed by atoms with Crippen molar-refractivity contribution < 1.29 is 22.3 Å². The molecule has 0 heterocycles. The third-order valence-electron chi connectivity index (χ3n) is 2.10. The fourth-order valence-corrected chi connectivity index (χ4v) is 2.23. The van der Waals surface area contributed by atoms with E-state index in [0.717, 1.165) is 24.6 Å². The third kappa shape index (κ3) is 5.04. The zero-order chi connectivity index (χ0) is 14.5. The summed E-state index contributed by atoms with van der Waals surface area (Å²) in [5.74, 6) is -1.32. The highest BCUT2D eigenvalue weighted by atomic mass is 35.7. The number of amides is 1. The number of halogens is 2. The molecule has 0 spiro atoms. The number of carbonyl (C=O) groups is 1. The van der Waals surface area contributed by atoms with Gasteiger partial charge in [-0.2, -0.15) is 0 Å². The first-order valence-electron chi connectivity index (χ1n) is 5.48. The zero-order valence-electron chi connectivity index (χ0n) is 10.2. The van der Waals surface area contributed by atoms with Crippen LogP contribution >= 0.6 is 10.7 Å². The average molecular weight is 310 g/mol. The Hall–Kier alpha value is -1.34. The standard InChI is InChI=1S/C11H13ClFNO4S/c1-2-5-14-11(15)7-18-9-4-3-8(13)6-10(9)19(12,16)17/h3-4,6H,2,5,7H2,1H3,(H,14,15). The number of nitrogens with one attached hydrogen (secondary N) is 1. The lowest BCUT2D eigenvalue weighted by molar-refractivity contribution is -0.123. The van der Waals surface area contributed by atoms with Crippen molar-refractivity contribution in [3.8, 4) is 5.75 Å². The molecule has 1 aromatic carbocycles. The molecule has 0 aliphatic rings. The summed E-state index contributed by atoms with van der Waals surface area (Å²) in [6.45, 7) is 2.01. The molecule has 19 heavy (non-hydrogen) atoms. The highest BCUT2D eigenvalue weighted by Gasteiger charge is 2.18. The van der Waals surface area contributed by atoms with Gasteiger partial charge in [-0.25, -0.2) is 12.8 Å². The monoisotopic (exact) mass is 309 g/mol. The lowest BCUT2D eigenvalue weighted by Crippen LogP contribution is -2.29. The van der Waals surface area contributed by atoms with Crippen molar-refractivity contribution in [3.05, 3.63) is 24.0 Å². The van der Waals surface area contributed by atoms with E-state index in [-0.39, 0.29) is 12.4 Å². The summed E-state index contributed by atoms with van der Waals surface area (Å²) in [6.07, 6.45) is 0.767. The van der Waals surface area contributed by atoms with Crippen LogP contribution in [0.2, 0.25) is 0 Å². The topological polar surface area (TPSA) is 72.5 Å². The van der Waals surface area contributed by atoms with E-state index >= 15 is 0 Å². The van der Waals surface area contributed by atoms with E-state index in [1.165, 1.54) is 0 Å². The predicted octanol–water partition coefficient (Wildman–Crippen LogP) is 1.66. The second-order valence-electron chi connectivity index (χ2n) is 3.67. The predicted molar refractivity (Wildman–Crippen MR) is 68.2 cm³/mol. The number of ether oxygens (including phenoxy) is 1. The van der Waals surface area contributed by atoms with Gasteiger partial charge in [-0.3, -0.25) is 4.79 Å². The molecule has 106 valence electrons. The number of carbonyl (C=O) groups excluding carboxylic acids is 1. The Morgan fingerprint density at radius 3 is 2.74 bits per heavy atom. The molecule has 0 bridgehead atoms. The van der Waals surface area contributed by atoms with Gasteiger partial charge in [0.25, 0.3) is 15.0 Å². The normalized spacial score (nSPS) is 11.1. The van der Waals surface area contributed by atoms with E-state index in [9.17, 15) is 17.6 Å². The first-order chi connectivity index (χ1) is 8.84. The first kappa shape index (κ1) is 15.7. The van der Waals surface area contributed by atoms with Crippen LogP contribution < -0.4 is 10.1 Å². The summed E-state index contributed by atoms with van der Waals surface area (Å²) < 4.78 is 40.5. The zero-order valence-corrected chi connectivity index (χ0v) is 11.7. The fourth-order valence-electron chi connectivity index (χ4n) is 1.25.